The van der Waals surface area contributed by atoms with Gasteiger partial charge in [0.25, 0.3) is 0 Å². The monoisotopic (exact) mass is 244 g/mol. The van der Waals surface area contributed by atoms with E-state index in [0.29, 0.717) is 18.4 Å². The zero-order chi connectivity index (χ0) is 13.0. The quantitative estimate of drug-likeness (QED) is 0.824. The number of ketones is 1. The maximum Gasteiger partial charge on any atom is 0.188 e. The first-order valence-electron chi connectivity index (χ1n) is 5.87. The van der Waals surface area contributed by atoms with E-state index in [-0.39, 0.29) is 5.78 Å². The largest absolute Gasteiger partial charge is 0.362 e. The van der Waals surface area contributed by atoms with Crippen molar-refractivity contribution in [3.8, 4) is 0 Å². The van der Waals surface area contributed by atoms with Crippen LogP contribution in [-0.4, -0.2) is 23.8 Å². The number of methoxy groups -OCH3 is 1. The summed E-state index contributed by atoms with van der Waals surface area (Å²) in [6.45, 7) is 0. The van der Waals surface area contributed by atoms with Crippen LogP contribution in [0.15, 0.2) is 54.1 Å². The predicted molar refractivity (Wildman–Crippen MR) is 69.0 cm³/mol. The van der Waals surface area contributed by atoms with Crippen LogP contribution < -0.4 is 0 Å². The smallest absolute Gasteiger partial charge is 0.188 e. The highest BCUT2D eigenvalue weighted by molar-refractivity contribution is 5.99. The average Bonchev–Trinajstić information content (AvgIpc) is 2.40. The molecular weight excluding hydrogens is 228 g/mol. The van der Waals surface area contributed by atoms with Gasteiger partial charge in [0.1, 0.15) is 0 Å². The Bertz CT molecular complexity index is 488. The lowest BCUT2D eigenvalue weighted by Crippen LogP contribution is -2.29. The number of ether oxygens (including phenoxy) is 1. The molecule has 0 fully saturated rings. The molecule has 1 atom stereocenters. The molecule has 0 heterocycles. The molecule has 0 amide bonds. The number of Topliss-reactive ketones (excluding diaryl/α,β-unsaturated/α-hetero) is 1. The number of carbonyl (C=O) groups is 1. The van der Waals surface area contributed by atoms with Gasteiger partial charge in [-0.15, -0.1) is 0 Å². The van der Waals surface area contributed by atoms with E-state index in [9.17, 15) is 9.90 Å². The summed E-state index contributed by atoms with van der Waals surface area (Å²) in [6, 6.07) is 9.61. The number of aliphatic hydroxyl groups is 1. The van der Waals surface area contributed by atoms with Crippen molar-refractivity contribution in [3.63, 3.8) is 0 Å². The summed E-state index contributed by atoms with van der Waals surface area (Å²) in [5, 5.41) is 9.80. The molecule has 1 aromatic carbocycles. The fourth-order valence-corrected chi connectivity index (χ4v) is 1.85. The molecule has 0 aromatic heterocycles. The van der Waals surface area contributed by atoms with E-state index in [2.05, 4.69) is 0 Å². The molecule has 0 saturated carbocycles. The third kappa shape index (κ3) is 2.94. The predicted octanol–water partition coefficient (Wildman–Crippen LogP) is 2.02. The molecule has 1 N–H and O–H groups in total. The van der Waals surface area contributed by atoms with Gasteiger partial charge in [-0.1, -0.05) is 42.5 Å². The first-order valence-corrected chi connectivity index (χ1v) is 5.87. The van der Waals surface area contributed by atoms with E-state index in [1.807, 2.05) is 30.3 Å². The van der Waals surface area contributed by atoms with Gasteiger partial charge in [0.15, 0.2) is 11.6 Å². The van der Waals surface area contributed by atoms with Crippen LogP contribution in [0.3, 0.4) is 0 Å². The van der Waals surface area contributed by atoms with Crippen molar-refractivity contribution in [1.82, 2.24) is 0 Å². The van der Waals surface area contributed by atoms with Gasteiger partial charge >= 0.3 is 0 Å². The summed E-state index contributed by atoms with van der Waals surface area (Å²) in [4.78, 5) is 12.0. The molecule has 0 saturated heterocycles. The Kier molecular flexibility index (Phi) is 3.75. The molecule has 0 spiro atoms. The normalized spacial score (nSPS) is 22.7. The Hall–Kier alpha value is -1.71. The molecule has 1 unspecified atom stereocenters. The minimum Gasteiger partial charge on any atom is -0.362 e. The van der Waals surface area contributed by atoms with Gasteiger partial charge in [0.2, 0.25) is 0 Å². The molecule has 2 rings (SSSR count). The molecule has 1 aromatic rings. The third-order valence-corrected chi connectivity index (χ3v) is 3.02. The maximum atomic E-state index is 12.0. The van der Waals surface area contributed by atoms with Crippen molar-refractivity contribution in [3.05, 3.63) is 59.7 Å². The Labute approximate surface area is 106 Å². The van der Waals surface area contributed by atoms with Crippen LogP contribution in [0.1, 0.15) is 12.0 Å². The highest BCUT2D eigenvalue weighted by Gasteiger charge is 2.25. The van der Waals surface area contributed by atoms with Crippen LogP contribution in [0.2, 0.25) is 0 Å². The highest BCUT2D eigenvalue weighted by Crippen LogP contribution is 2.22. The molecule has 0 radical (unpaired) electrons. The molecule has 18 heavy (non-hydrogen) atoms. The van der Waals surface area contributed by atoms with E-state index in [1.54, 1.807) is 12.2 Å². The first-order chi connectivity index (χ1) is 8.63. The zero-order valence-corrected chi connectivity index (χ0v) is 10.3. The Morgan fingerprint density at radius 1 is 1.39 bits per heavy atom. The second-order valence-corrected chi connectivity index (χ2v) is 4.33. The molecule has 1 aliphatic carbocycles. The van der Waals surface area contributed by atoms with Crippen LogP contribution in [0.4, 0.5) is 0 Å². The fourth-order valence-electron chi connectivity index (χ4n) is 1.85. The minimum atomic E-state index is -1.27. The van der Waals surface area contributed by atoms with E-state index in [1.165, 1.54) is 13.2 Å². The molecule has 3 heteroatoms. The summed E-state index contributed by atoms with van der Waals surface area (Å²) in [7, 11) is 1.44. The second-order valence-electron chi connectivity index (χ2n) is 4.33. The van der Waals surface area contributed by atoms with Gasteiger partial charge in [0, 0.05) is 25.5 Å². The van der Waals surface area contributed by atoms with E-state index >= 15 is 0 Å². The molecule has 0 aliphatic heterocycles. The number of carbonyl (C=O) groups excluding carboxylic acids is 1. The minimum absolute atomic E-state index is 0.0515. The highest BCUT2D eigenvalue weighted by atomic mass is 16.6. The van der Waals surface area contributed by atoms with E-state index in [0.717, 1.165) is 5.56 Å². The molecule has 0 bridgehead atoms. The van der Waals surface area contributed by atoms with Gasteiger partial charge < -0.3 is 9.84 Å². The molecule has 94 valence electrons. The molecule has 1 aliphatic rings. The average molecular weight is 244 g/mol. The number of rotatable bonds is 4. The Balaban J connectivity index is 2.02. The lowest BCUT2D eigenvalue weighted by molar-refractivity contribution is -0.143. The number of hydrogen-bond donors (Lipinski definition) is 1. The van der Waals surface area contributed by atoms with Crippen LogP contribution in [-0.2, 0) is 16.0 Å². The second kappa shape index (κ2) is 5.29. The van der Waals surface area contributed by atoms with Crippen molar-refractivity contribution >= 4 is 5.78 Å². The van der Waals surface area contributed by atoms with Crippen LogP contribution >= 0.6 is 0 Å². The number of benzene rings is 1. The Morgan fingerprint density at radius 3 is 2.67 bits per heavy atom. The number of allylic oxidation sites excluding steroid dienone is 2. The van der Waals surface area contributed by atoms with Crippen LogP contribution in [0.5, 0.6) is 0 Å². The van der Waals surface area contributed by atoms with Gasteiger partial charge in [-0.25, -0.2) is 0 Å². The Morgan fingerprint density at radius 2 is 2.11 bits per heavy atom. The van der Waals surface area contributed by atoms with Crippen molar-refractivity contribution in [2.24, 2.45) is 0 Å². The van der Waals surface area contributed by atoms with Crippen molar-refractivity contribution in [2.45, 2.75) is 18.6 Å². The summed E-state index contributed by atoms with van der Waals surface area (Å²) in [5.74, 6) is -1.22. The van der Waals surface area contributed by atoms with Gasteiger partial charge in [-0.3, -0.25) is 4.79 Å². The fraction of sp³-hybridized carbons (Fsp3) is 0.267. The third-order valence-electron chi connectivity index (χ3n) is 3.02. The summed E-state index contributed by atoms with van der Waals surface area (Å²) >= 11 is 0. The standard InChI is InChI=1S/C15H16O3/c1-18-15(17)9-7-13(8-10-15)14(16)11-12-5-3-2-4-6-12/h2-9,17H,10-11H2,1H3. The summed E-state index contributed by atoms with van der Waals surface area (Å²) < 4.78 is 4.94. The lowest BCUT2D eigenvalue weighted by atomic mass is 9.96. The summed E-state index contributed by atoms with van der Waals surface area (Å²) in [6.07, 6.45) is 5.54. The van der Waals surface area contributed by atoms with Gasteiger partial charge in [-0.05, 0) is 11.6 Å². The summed E-state index contributed by atoms with van der Waals surface area (Å²) in [5.41, 5.74) is 1.62. The van der Waals surface area contributed by atoms with Crippen molar-refractivity contribution in [1.29, 1.82) is 0 Å². The van der Waals surface area contributed by atoms with Crippen LogP contribution in [0.25, 0.3) is 0 Å². The van der Waals surface area contributed by atoms with Crippen molar-refractivity contribution < 1.29 is 14.6 Å². The maximum absolute atomic E-state index is 12.0. The number of hydrogen-bond acceptors (Lipinski definition) is 3. The van der Waals surface area contributed by atoms with Crippen molar-refractivity contribution in [2.75, 3.05) is 7.11 Å². The van der Waals surface area contributed by atoms with Crippen LogP contribution in [0, 0.1) is 0 Å². The zero-order valence-electron chi connectivity index (χ0n) is 10.3. The first kappa shape index (κ1) is 12.7. The topological polar surface area (TPSA) is 46.5 Å². The lowest BCUT2D eigenvalue weighted by Gasteiger charge is -2.24. The molecule has 3 nitrogen and oxygen atoms in total. The SMILES string of the molecule is COC1(O)C=CC(C(=O)Cc2ccccc2)=CC1. The van der Waals surface area contributed by atoms with Gasteiger partial charge in [0.05, 0.1) is 0 Å². The van der Waals surface area contributed by atoms with E-state index < -0.39 is 5.79 Å². The molecular formula is C15H16O3. The van der Waals surface area contributed by atoms with E-state index in [4.69, 9.17) is 4.74 Å². The van der Waals surface area contributed by atoms with Gasteiger partial charge in [-0.2, -0.15) is 0 Å².